The van der Waals surface area contributed by atoms with Crippen molar-refractivity contribution in [3.05, 3.63) is 16.0 Å². The Hall–Kier alpha value is -1.98. The summed E-state index contributed by atoms with van der Waals surface area (Å²) in [5.41, 5.74) is 0.958. The van der Waals surface area contributed by atoms with Gasteiger partial charge in [0.25, 0.3) is 0 Å². The smallest absolute Gasteiger partial charge is 0.341 e. The molecular formula is C20H26N4O4S3. The van der Waals surface area contributed by atoms with Crippen LogP contribution in [0.1, 0.15) is 61.8 Å². The second kappa shape index (κ2) is 9.66. The lowest BCUT2D eigenvalue weighted by Crippen LogP contribution is -2.27. The van der Waals surface area contributed by atoms with E-state index in [-0.39, 0.29) is 24.4 Å². The largest absolute Gasteiger partial charge is 0.462 e. The second-order valence-electron chi connectivity index (χ2n) is 8.11. The molecule has 1 aliphatic rings. The Morgan fingerprint density at radius 2 is 1.90 bits per heavy atom. The number of ether oxygens (including phenoxy) is 1. The Morgan fingerprint density at radius 1 is 1.16 bits per heavy atom. The number of thiophene rings is 1. The second-order valence-corrected chi connectivity index (χ2v) is 11.8. The van der Waals surface area contributed by atoms with E-state index in [1.165, 1.54) is 34.4 Å². The number of aromatic nitrogens is 2. The summed E-state index contributed by atoms with van der Waals surface area (Å²) in [6, 6.07) is 0. The van der Waals surface area contributed by atoms with E-state index in [2.05, 4.69) is 20.8 Å². The first kappa shape index (κ1) is 23.7. The van der Waals surface area contributed by atoms with E-state index in [1.807, 2.05) is 20.8 Å². The number of nitrogens with zero attached hydrogens (tertiary/aromatic N) is 2. The van der Waals surface area contributed by atoms with Gasteiger partial charge in [-0.05, 0) is 38.7 Å². The summed E-state index contributed by atoms with van der Waals surface area (Å²) in [5, 5.41) is 14.2. The quantitative estimate of drug-likeness (QED) is 0.342. The van der Waals surface area contributed by atoms with Crippen molar-refractivity contribution in [1.29, 1.82) is 0 Å². The molecule has 0 radical (unpaired) electrons. The van der Waals surface area contributed by atoms with Crippen molar-refractivity contribution in [2.75, 3.05) is 17.2 Å². The van der Waals surface area contributed by atoms with E-state index in [0.29, 0.717) is 20.0 Å². The van der Waals surface area contributed by atoms with Crippen molar-refractivity contribution < 1.29 is 19.1 Å². The minimum absolute atomic E-state index is 0.150. The van der Waals surface area contributed by atoms with Gasteiger partial charge in [-0.1, -0.05) is 43.9 Å². The van der Waals surface area contributed by atoms with Crippen LogP contribution in [0, 0.1) is 5.41 Å². The highest BCUT2D eigenvalue weighted by Crippen LogP contribution is 2.40. The fourth-order valence-electron chi connectivity index (χ4n) is 2.92. The molecule has 0 fully saturated rings. The van der Waals surface area contributed by atoms with Gasteiger partial charge in [0.2, 0.25) is 16.9 Å². The average Bonchev–Trinajstić information content (AvgIpc) is 3.37. The van der Waals surface area contributed by atoms with Gasteiger partial charge in [0.1, 0.15) is 5.00 Å². The van der Waals surface area contributed by atoms with Crippen LogP contribution in [0.25, 0.3) is 0 Å². The van der Waals surface area contributed by atoms with Gasteiger partial charge < -0.3 is 15.4 Å². The van der Waals surface area contributed by atoms with Crippen molar-refractivity contribution in [3.63, 3.8) is 0 Å². The van der Waals surface area contributed by atoms with Gasteiger partial charge in [0, 0.05) is 10.3 Å². The van der Waals surface area contributed by atoms with Crippen molar-refractivity contribution in [2.45, 2.75) is 63.5 Å². The van der Waals surface area contributed by atoms with Crippen LogP contribution in [0.2, 0.25) is 0 Å². The van der Waals surface area contributed by atoms with E-state index in [4.69, 9.17) is 4.74 Å². The molecule has 2 N–H and O–H groups in total. The number of thioether (sulfide) groups is 1. The molecule has 8 nitrogen and oxygen atoms in total. The number of aryl methyl sites for hydroxylation is 1. The Bertz CT molecular complexity index is 993. The van der Waals surface area contributed by atoms with Crippen molar-refractivity contribution in [1.82, 2.24) is 10.2 Å². The third-order valence-electron chi connectivity index (χ3n) is 4.59. The van der Waals surface area contributed by atoms with Crippen LogP contribution in [-0.2, 0) is 27.2 Å². The number of carbonyl (C=O) groups excluding carboxylic acids is 3. The van der Waals surface area contributed by atoms with Crippen molar-refractivity contribution in [3.8, 4) is 0 Å². The van der Waals surface area contributed by atoms with Gasteiger partial charge in [0.15, 0.2) is 4.34 Å². The summed E-state index contributed by atoms with van der Waals surface area (Å²) in [5.74, 6) is -0.768. The highest BCUT2D eigenvalue weighted by molar-refractivity contribution is 8.02. The minimum Gasteiger partial charge on any atom is -0.462 e. The predicted molar refractivity (Wildman–Crippen MR) is 124 cm³/mol. The molecule has 0 aliphatic heterocycles. The molecule has 168 valence electrons. The predicted octanol–water partition coefficient (Wildman–Crippen LogP) is 4.37. The molecule has 1 atom stereocenters. The lowest BCUT2D eigenvalue weighted by molar-refractivity contribution is -0.123. The van der Waals surface area contributed by atoms with Crippen molar-refractivity contribution in [2.24, 2.45) is 5.41 Å². The van der Waals surface area contributed by atoms with E-state index in [9.17, 15) is 14.4 Å². The zero-order valence-corrected chi connectivity index (χ0v) is 20.6. The molecule has 2 aromatic rings. The fourth-order valence-corrected chi connectivity index (χ4v) is 6.09. The SMILES string of the molecule is CCOC(=O)c1c(NC(=O)C(C)Sc2nnc(NC(=O)C(C)(C)C)s2)sc2c1CCC2. The van der Waals surface area contributed by atoms with Crippen LogP contribution in [-0.4, -0.2) is 39.8 Å². The number of carbonyl (C=O) groups is 3. The van der Waals surface area contributed by atoms with Gasteiger partial charge in [-0.15, -0.1) is 21.5 Å². The van der Waals surface area contributed by atoms with E-state index in [0.717, 1.165) is 29.7 Å². The molecule has 0 spiro atoms. The Kier molecular flexibility index (Phi) is 7.38. The number of esters is 1. The summed E-state index contributed by atoms with van der Waals surface area (Å²) in [7, 11) is 0. The topological polar surface area (TPSA) is 110 Å². The summed E-state index contributed by atoms with van der Waals surface area (Å²) >= 11 is 3.93. The van der Waals surface area contributed by atoms with Crippen LogP contribution in [0.3, 0.4) is 0 Å². The zero-order chi connectivity index (χ0) is 22.8. The number of hydrogen-bond acceptors (Lipinski definition) is 9. The fraction of sp³-hybridized carbons (Fsp3) is 0.550. The third-order valence-corrected chi connectivity index (χ3v) is 7.82. The average molecular weight is 483 g/mol. The Labute approximate surface area is 193 Å². The molecule has 0 aromatic carbocycles. The Balaban J connectivity index is 1.66. The lowest BCUT2D eigenvalue weighted by atomic mass is 9.96. The highest BCUT2D eigenvalue weighted by atomic mass is 32.2. The van der Waals surface area contributed by atoms with Crippen LogP contribution in [0.5, 0.6) is 0 Å². The number of anilines is 2. The summed E-state index contributed by atoms with van der Waals surface area (Å²) in [6.45, 7) is 9.26. The molecule has 1 aliphatic carbocycles. The molecule has 2 amide bonds. The minimum atomic E-state index is -0.538. The van der Waals surface area contributed by atoms with Gasteiger partial charge in [-0.25, -0.2) is 4.79 Å². The number of amides is 2. The molecule has 0 saturated carbocycles. The first-order valence-corrected chi connectivity index (χ1v) is 12.6. The molecule has 2 heterocycles. The highest BCUT2D eigenvalue weighted by Gasteiger charge is 2.29. The zero-order valence-electron chi connectivity index (χ0n) is 18.2. The summed E-state index contributed by atoms with van der Waals surface area (Å²) in [6.07, 6.45) is 2.76. The molecule has 0 saturated heterocycles. The summed E-state index contributed by atoms with van der Waals surface area (Å²) < 4.78 is 5.78. The molecular weight excluding hydrogens is 456 g/mol. The first-order valence-electron chi connectivity index (χ1n) is 10.0. The maximum Gasteiger partial charge on any atom is 0.341 e. The molecule has 31 heavy (non-hydrogen) atoms. The van der Waals surface area contributed by atoms with Crippen LogP contribution < -0.4 is 10.6 Å². The standard InChI is InChI=1S/C20H26N4O4S3/c1-6-28-16(26)13-11-8-7-9-12(11)30-15(13)21-14(25)10(2)29-19-24-23-18(31-19)22-17(27)20(3,4)5/h10H,6-9H2,1-5H3,(H,21,25)(H,22,23,27). The van der Waals surface area contributed by atoms with Gasteiger partial charge in [-0.2, -0.15) is 0 Å². The number of rotatable bonds is 7. The lowest BCUT2D eigenvalue weighted by Gasteiger charge is -2.15. The third kappa shape index (κ3) is 5.64. The number of hydrogen-bond donors (Lipinski definition) is 2. The molecule has 2 aromatic heterocycles. The molecule has 11 heteroatoms. The van der Waals surface area contributed by atoms with E-state index >= 15 is 0 Å². The van der Waals surface area contributed by atoms with Crippen LogP contribution in [0.4, 0.5) is 10.1 Å². The monoisotopic (exact) mass is 482 g/mol. The molecule has 0 bridgehead atoms. The van der Waals surface area contributed by atoms with Gasteiger partial charge >= 0.3 is 5.97 Å². The van der Waals surface area contributed by atoms with Crippen molar-refractivity contribution >= 4 is 62.4 Å². The van der Waals surface area contributed by atoms with E-state index < -0.39 is 10.7 Å². The maximum absolute atomic E-state index is 12.8. The van der Waals surface area contributed by atoms with Gasteiger partial charge in [-0.3, -0.25) is 9.59 Å². The maximum atomic E-state index is 12.8. The Morgan fingerprint density at radius 3 is 2.58 bits per heavy atom. The number of fused-ring (bicyclic) bond motifs is 1. The van der Waals surface area contributed by atoms with E-state index in [1.54, 1.807) is 13.8 Å². The molecule has 1 unspecified atom stereocenters. The van der Waals surface area contributed by atoms with Gasteiger partial charge in [0.05, 0.1) is 17.4 Å². The molecule has 3 rings (SSSR count). The van der Waals surface area contributed by atoms with Crippen LogP contribution in [0.15, 0.2) is 4.34 Å². The number of nitrogens with one attached hydrogen (secondary N) is 2. The first-order chi connectivity index (χ1) is 14.6. The summed E-state index contributed by atoms with van der Waals surface area (Å²) in [4.78, 5) is 38.5. The van der Waals surface area contributed by atoms with Crippen LogP contribution >= 0.6 is 34.4 Å². The normalized spacial score (nSPS) is 14.1.